The zero-order chi connectivity index (χ0) is 13.1. The van der Waals surface area contributed by atoms with Gasteiger partial charge >= 0.3 is 5.97 Å². The van der Waals surface area contributed by atoms with E-state index in [9.17, 15) is 9.18 Å². The second kappa shape index (κ2) is 5.58. The van der Waals surface area contributed by atoms with Crippen molar-refractivity contribution in [3.8, 4) is 11.3 Å². The van der Waals surface area contributed by atoms with Gasteiger partial charge in [-0.2, -0.15) is 0 Å². The van der Waals surface area contributed by atoms with Gasteiger partial charge in [-0.1, -0.05) is 11.3 Å². The maximum atomic E-state index is 12.9. The number of thiazole rings is 1. The highest BCUT2D eigenvalue weighted by Gasteiger charge is 2.19. The molecule has 0 atom stereocenters. The molecule has 0 N–H and O–H groups in total. The van der Waals surface area contributed by atoms with Gasteiger partial charge in [-0.3, -0.25) is 0 Å². The van der Waals surface area contributed by atoms with Crippen LogP contribution >= 0.6 is 27.3 Å². The van der Waals surface area contributed by atoms with Crippen LogP contribution in [0.25, 0.3) is 11.3 Å². The number of hydrogen-bond acceptors (Lipinski definition) is 4. The van der Waals surface area contributed by atoms with Gasteiger partial charge in [-0.25, -0.2) is 14.2 Å². The van der Waals surface area contributed by atoms with E-state index in [1.165, 1.54) is 23.5 Å². The zero-order valence-corrected chi connectivity index (χ0v) is 11.8. The minimum Gasteiger partial charge on any atom is -0.462 e. The molecule has 0 unspecified atom stereocenters. The molecule has 6 heteroatoms. The molecule has 1 heterocycles. The first kappa shape index (κ1) is 13.2. The predicted molar refractivity (Wildman–Crippen MR) is 71.2 cm³/mol. The lowest BCUT2D eigenvalue weighted by Crippen LogP contribution is -2.03. The Kier molecular flexibility index (Phi) is 4.08. The van der Waals surface area contributed by atoms with E-state index in [0.717, 1.165) is 0 Å². The van der Waals surface area contributed by atoms with E-state index >= 15 is 0 Å². The van der Waals surface area contributed by atoms with E-state index in [2.05, 4.69) is 20.9 Å². The van der Waals surface area contributed by atoms with E-state index in [1.54, 1.807) is 19.1 Å². The fraction of sp³-hybridized carbons (Fsp3) is 0.167. The molecule has 2 rings (SSSR count). The second-order valence-electron chi connectivity index (χ2n) is 3.37. The highest BCUT2D eigenvalue weighted by atomic mass is 79.9. The Labute approximate surface area is 116 Å². The molecule has 0 saturated carbocycles. The van der Waals surface area contributed by atoms with Gasteiger partial charge in [0, 0.05) is 5.56 Å². The number of carbonyl (C=O) groups is 1. The Bertz CT molecular complexity index is 568. The summed E-state index contributed by atoms with van der Waals surface area (Å²) in [6.45, 7) is 2.04. The summed E-state index contributed by atoms with van der Waals surface area (Å²) in [6.07, 6.45) is 0. The Morgan fingerprint density at radius 1 is 1.44 bits per heavy atom. The number of nitrogens with zero attached hydrogens (tertiary/aromatic N) is 1. The van der Waals surface area contributed by atoms with Crippen LogP contribution in [-0.2, 0) is 4.74 Å². The van der Waals surface area contributed by atoms with Gasteiger partial charge in [0.1, 0.15) is 10.7 Å². The highest BCUT2D eigenvalue weighted by molar-refractivity contribution is 9.11. The molecule has 0 aliphatic rings. The molecule has 0 saturated heterocycles. The first-order valence-corrected chi connectivity index (χ1v) is 6.82. The van der Waals surface area contributed by atoms with Crippen molar-refractivity contribution >= 4 is 33.2 Å². The summed E-state index contributed by atoms with van der Waals surface area (Å²) in [5.41, 5.74) is 1.19. The molecular weight excluding hydrogens is 321 g/mol. The lowest BCUT2D eigenvalue weighted by Gasteiger charge is -2.02. The third-order valence-corrected chi connectivity index (χ3v) is 3.67. The maximum Gasteiger partial charge on any atom is 0.350 e. The Balaban J connectivity index is 2.44. The normalized spacial score (nSPS) is 10.4. The molecule has 3 nitrogen and oxygen atoms in total. The fourth-order valence-corrected chi connectivity index (χ4v) is 2.80. The van der Waals surface area contributed by atoms with Crippen molar-refractivity contribution in [3.05, 3.63) is 38.9 Å². The van der Waals surface area contributed by atoms with Crippen LogP contribution in [0.1, 0.15) is 16.6 Å². The van der Waals surface area contributed by atoms with E-state index in [4.69, 9.17) is 4.74 Å². The lowest BCUT2D eigenvalue weighted by molar-refractivity contribution is 0.0532. The van der Waals surface area contributed by atoms with Crippen molar-refractivity contribution in [2.75, 3.05) is 6.61 Å². The molecule has 1 aromatic heterocycles. The molecule has 0 aliphatic heterocycles. The molecule has 0 fully saturated rings. The molecule has 0 amide bonds. The number of benzene rings is 1. The maximum absolute atomic E-state index is 12.9. The third-order valence-electron chi connectivity index (χ3n) is 2.18. The number of aromatic nitrogens is 1. The summed E-state index contributed by atoms with van der Waals surface area (Å²) < 4.78 is 18.4. The average molecular weight is 330 g/mol. The number of ether oxygens (including phenoxy) is 1. The highest BCUT2D eigenvalue weighted by Crippen LogP contribution is 2.31. The van der Waals surface area contributed by atoms with Crippen LogP contribution in [0.2, 0.25) is 0 Å². The van der Waals surface area contributed by atoms with Crippen LogP contribution in [0.15, 0.2) is 28.2 Å². The van der Waals surface area contributed by atoms with Gasteiger partial charge in [0.2, 0.25) is 0 Å². The second-order valence-corrected chi connectivity index (χ2v) is 5.65. The van der Waals surface area contributed by atoms with Crippen molar-refractivity contribution in [2.24, 2.45) is 0 Å². The number of esters is 1. The number of hydrogen-bond donors (Lipinski definition) is 0. The van der Waals surface area contributed by atoms with Crippen LogP contribution in [-0.4, -0.2) is 17.6 Å². The zero-order valence-electron chi connectivity index (χ0n) is 9.44. The quantitative estimate of drug-likeness (QED) is 0.802. The number of rotatable bonds is 3. The largest absolute Gasteiger partial charge is 0.462 e. The van der Waals surface area contributed by atoms with Crippen LogP contribution in [0.4, 0.5) is 4.39 Å². The molecule has 0 bridgehead atoms. The van der Waals surface area contributed by atoms with Crippen molar-refractivity contribution in [3.63, 3.8) is 0 Å². The number of carbonyl (C=O) groups excluding carboxylic acids is 1. The molecule has 2 aromatic rings. The van der Waals surface area contributed by atoms with Gasteiger partial charge in [0.25, 0.3) is 0 Å². The van der Waals surface area contributed by atoms with Crippen molar-refractivity contribution in [1.29, 1.82) is 0 Å². The molecule has 0 spiro atoms. The molecule has 1 aromatic carbocycles. The summed E-state index contributed by atoms with van der Waals surface area (Å²) in [5, 5.41) is 0. The van der Waals surface area contributed by atoms with Crippen molar-refractivity contribution < 1.29 is 13.9 Å². The van der Waals surface area contributed by atoms with Crippen LogP contribution < -0.4 is 0 Å². The standard InChI is InChI=1S/C12H9BrFNO2S/c1-2-17-11(16)10-9(15-12(13)18-10)7-3-5-8(14)6-4-7/h3-6H,2H2,1H3. The molecule has 94 valence electrons. The lowest BCUT2D eigenvalue weighted by atomic mass is 10.1. The van der Waals surface area contributed by atoms with Gasteiger partial charge in [0.15, 0.2) is 3.92 Å². The first-order chi connectivity index (χ1) is 8.61. The molecule has 0 aliphatic carbocycles. The SMILES string of the molecule is CCOC(=O)c1sc(Br)nc1-c1ccc(F)cc1. The third kappa shape index (κ3) is 2.76. The van der Waals surface area contributed by atoms with E-state index in [-0.39, 0.29) is 5.82 Å². The summed E-state index contributed by atoms with van der Waals surface area (Å²) in [4.78, 5) is 16.4. The van der Waals surface area contributed by atoms with E-state index in [1.807, 2.05) is 0 Å². The predicted octanol–water partition coefficient (Wildman–Crippen LogP) is 3.89. The minimum absolute atomic E-state index is 0.303. The van der Waals surface area contributed by atoms with Gasteiger partial charge in [0.05, 0.1) is 12.3 Å². The molecular formula is C12H9BrFNO2S. The summed E-state index contributed by atoms with van der Waals surface area (Å²) in [7, 11) is 0. The van der Waals surface area contributed by atoms with E-state index in [0.29, 0.717) is 26.7 Å². The topological polar surface area (TPSA) is 39.2 Å². The number of halogens is 2. The van der Waals surface area contributed by atoms with Crippen LogP contribution in [0.3, 0.4) is 0 Å². The average Bonchev–Trinajstić information content (AvgIpc) is 2.73. The van der Waals surface area contributed by atoms with Gasteiger partial charge < -0.3 is 4.74 Å². The first-order valence-electron chi connectivity index (χ1n) is 5.21. The Morgan fingerprint density at radius 3 is 2.72 bits per heavy atom. The minimum atomic E-state index is -0.417. The summed E-state index contributed by atoms with van der Waals surface area (Å²) >= 11 is 4.44. The molecule has 0 radical (unpaired) electrons. The summed E-state index contributed by atoms with van der Waals surface area (Å²) in [5.74, 6) is -0.745. The Hall–Kier alpha value is -1.27. The van der Waals surface area contributed by atoms with Gasteiger partial charge in [-0.15, -0.1) is 0 Å². The monoisotopic (exact) mass is 329 g/mol. The van der Waals surface area contributed by atoms with Crippen molar-refractivity contribution in [2.45, 2.75) is 6.92 Å². The molecule has 18 heavy (non-hydrogen) atoms. The van der Waals surface area contributed by atoms with E-state index < -0.39 is 5.97 Å². The van der Waals surface area contributed by atoms with Crippen LogP contribution in [0, 0.1) is 5.82 Å². The smallest absolute Gasteiger partial charge is 0.350 e. The fourth-order valence-electron chi connectivity index (χ4n) is 1.43. The summed E-state index contributed by atoms with van der Waals surface area (Å²) in [6, 6.07) is 5.83. The van der Waals surface area contributed by atoms with Crippen molar-refractivity contribution in [1.82, 2.24) is 4.98 Å². The van der Waals surface area contributed by atoms with Crippen LogP contribution in [0.5, 0.6) is 0 Å². The Morgan fingerprint density at radius 2 is 2.11 bits per heavy atom. The van der Waals surface area contributed by atoms with Gasteiger partial charge in [-0.05, 0) is 47.1 Å².